The van der Waals surface area contributed by atoms with Gasteiger partial charge in [0.1, 0.15) is 11.8 Å². The van der Waals surface area contributed by atoms with Gasteiger partial charge in [-0.15, -0.1) is 0 Å². The van der Waals surface area contributed by atoms with Crippen LogP contribution in [0.1, 0.15) is 32.2 Å². The molecular weight excluding hydrogens is 178 g/mol. The van der Waals surface area contributed by atoms with Crippen LogP contribution in [0.5, 0.6) is 0 Å². The molecule has 0 atom stereocenters. The zero-order valence-electron chi connectivity index (χ0n) is 8.66. The van der Waals surface area contributed by atoms with Crippen LogP contribution in [0.15, 0.2) is 17.8 Å². The number of aromatic nitrogens is 2. The fraction of sp³-hybridized carbons (Fsp3) is 0.300. The lowest BCUT2D eigenvalue weighted by Crippen LogP contribution is -1.86. The van der Waals surface area contributed by atoms with Gasteiger partial charge in [0.25, 0.3) is 0 Å². The highest BCUT2D eigenvalue weighted by molar-refractivity contribution is 5.79. The van der Waals surface area contributed by atoms with Crippen LogP contribution in [-0.2, 0) is 0 Å². The molecule has 0 saturated carbocycles. The summed E-state index contributed by atoms with van der Waals surface area (Å²) in [6.45, 7) is 12.9. The zero-order chi connectivity index (χ0) is 11.1. The third-order valence-corrected chi connectivity index (χ3v) is 1.31. The fourth-order valence-electron chi connectivity index (χ4n) is 0.720. The second kappa shape index (κ2) is 5.70. The topological polar surface area (TPSA) is 62.7 Å². The predicted molar refractivity (Wildman–Crippen MR) is 55.0 cm³/mol. The first kappa shape index (κ1) is 12.1. The van der Waals surface area contributed by atoms with Gasteiger partial charge in [0, 0.05) is 0 Å². The molecule has 0 bridgehead atoms. The Bertz CT molecular complexity index is 371. The summed E-state index contributed by atoms with van der Waals surface area (Å²) in [4.78, 5) is 0. The number of hydrogen-bond donors (Lipinski definition) is 0. The van der Waals surface area contributed by atoms with E-state index in [4.69, 9.17) is 5.26 Å². The molecule has 0 aliphatic rings. The van der Waals surface area contributed by atoms with E-state index in [2.05, 4.69) is 28.1 Å². The van der Waals surface area contributed by atoms with Gasteiger partial charge in [-0.05, 0) is 22.8 Å². The Morgan fingerprint density at radius 1 is 1.29 bits per heavy atom. The quantitative estimate of drug-likeness (QED) is 0.674. The molecule has 0 amide bonds. The molecule has 0 aliphatic carbocycles. The Balaban J connectivity index is 0.000000791. The van der Waals surface area contributed by atoms with Crippen LogP contribution in [0.2, 0.25) is 0 Å². The van der Waals surface area contributed by atoms with E-state index in [-0.39, 0.29) is 5.57 Å². The van der Waals surface area contributed by atoms with E-state index >= 15 is 0 Å². The van der Waals surface area contributed by atoms with Gasteiger partial charge in [-0.25, -0.2) is 4.63 Å². The summed E-state index contributed by atoms with van der Waals surface area (Å²) in [7, 11) is 0. The highest BCUT2D eigenvalue weighted by atomic mass is 16.6. The van der Waals surface area contributed by atoms with Crippen molar-refractivity contribution in [2.75, 3.05) is 0 Å². The number of nitrogens with zero attached hydrogens (tertiary/aromatic N) is 3. The standard InChI is InChI=1S/C8H7N3O.C2H6/c1-5(2)7-8(6(3)4-9)11-12-10-7;1-2/h1,3H2,2H3;1-2H3. The molecule has 0 saturated heterocycles. The lowest BCUT2D eigenvalue weighted by Gasteiger charge is -1.92. The largest absolute Gasteiger partial charge is 0.243 e. The Morgan fingerprint density at radius 3 is 2.21 bits per heavy atom. The Labute approximate surface area is 83.5 Å². The summed E-state index contributed by atoms with van der Waals surface area (Å²) in [5, 5.41) is 15.7. The van der Waals surface area contributed by atoms with Gasteiger partial charge in [-0.3, -0.25) is 0 Å². The minimum Gasteiger partial charge on any atom is -0.243 e. The monoisotopic (exact) mass is 191 g/mol. The molecular formula is C10H13N3O. The van der Waals surface area contributed by atoms with E-state index in [9.17, 15) is 0 Å². The Hall–Kier alpha value is -1.89. The van der Waals surface area contributed by atoms with Crippen molar-refractivity contribution in [1.29, 1.82) is 5.26 Å². The number of nitriles is 1. The minimum absolute atomic E-state index is 0.231. The predicted octanol–water partition coefficient (Wildman–Crippen LogP) is 2.67. The van der Waals surface area contributed by atoms with Gasteiger partial charge >= 0.3 is 0 Å². The van der Waals surface area contributed by atoms with Crippen molar-refractivity contribution in [2.45, 2.75) is 20.8 Å². The lowest BCUT2D eigenvalue weighted by atomic mass is 10.1. The molecule has 0 N–H and O–H groups in total. The van der Waals surface area contributed by atoms with Crippen LogP contribution in [0.25, 0.3) is 11.1 Å². The van der Waals surface area contributed by atoms with Crippen LogP contribution in [0.4, 0.5) is 0 Å². The molecule has 4 heteroatoms. The van der Waals surface area contributed by atoms with Gasteiger partial charge < -0.3 is 0 Å². The van der Waals surface area contributed by atoms with Crippen molar-refractivity contribution in [3.05, 3.63) is 24.5 Å². The highest BCUT2D eigenvalue weighted by Crippen LogP contribution is 2.18. The summed E-state index contributed by atoms with van der Waals surface area (Å²) >= 11 is 0. The lowest BCUT2D eigenvalue weighted by molar-refractivity contribution is 0.305. The minimum atomic E-state index is 0.231. The van der Waals surface area contributed by atoms with Crippen molar-refractivity contribution in [3.63, 3.8) is 0 Å². The summed E-state index contributed by atoms with van der Waals surface area (Å²) in [5.41, 5.74) is 1.78. The molecule has 0 fully saturated rings. The van der Waals surface area contributed by atoms with Crippen LogP contribution < -0.4 is 0 Å². The molecule has 0 unspecified atom stereocenters. The van der Waals surface area contributed by atoms with E-state index in [1.165, 1.54) is 0 Å². The smallest absolute Gasteiger partial charge is 0.152 e. The first-order valence-electron chi connectivity index (χ1n) is 4.24. The molecule has 4 nitrogen and oxygen atoms in total. The van der Waals surface area contributed by atoms with E-state index in [1.54, 1.807) is 6.92 Å². The first-order valence-corrected chi connectivity index (χ1v) is 4.24. The van der Waals surface area contributed by atoms with Crippen molar-refractivity contribution < 1.29 is 4.63 Å². The van der Waals surface area contributed by atoms with E-state index in [0.29, 0.717) is 17.0 Å². The maximum atomic E-state index is 8.52. The van der Waals surface area contributed by atoms with Crippen molar-refractivity contribution in [2.24, 2.45) is 0 Å². The third-order valence-electron chi connectivity index (χ3n) is 1.31. The van der Waals surface area contributed by atoms with Crippen LogP contribution >= 0.6 is 0 Å². The Morgan fingerprint density at radius 2 is 1.79 bits per heavy atom. The van der Waals surface area contributed by atoms with E-state index in [1.807, 2.05) is 19.9 Å². The molecule has 14 heavy (non-hydrogen) atoms. The number of rotatable bonds is 2. The maximum absolute atomic E-state index is 8.52. The zero-order valence-corrected chi connectivity index (χ0v) is 8.66. The first-order chi connectivity index (χ1) is 6.66. The average Bonchev–Trinajstić information content (AvgIpc) is 2.68. The van der Waals surface area contributed by atoms with E-state index in [0.717, 1.165) is 0 Å². The van der Waals surface area contributed by atoms with Crippen LogP contribution in [0, 0.1) is 11.3 Å². The summed E-state index contributed by atoms with van der Waals surface area (Å²) in [5.74, 6) is 0. The third kappa shape index (κ3) is 2.56. The molecule has 1 aromatic rings. The number of hydrogen-bond acceptors (Lipinski definition) is 4. The Kier molecular flexibility index (Phi) is 4.93. The maximum Gasteiger partial charge on any atom is 0.152 e. The second-order valence-electron chi connectivity index (χ2n) is 2.33. The molecule has 0 aliphatic heterocycles. The molecule has 1 rings (SSSR count). The summed E-state index contributed by atoms with van der Waals surface area (Å²) < 4.78 is 4.46. The molecule has 0 radical (unpaired) electrons. The second-order valence-corrected chi connectivity index (χ2v) is 2.33. The number of allylic oxidation sites excluding steroid dienone is 2. The van der Waals surface area contributed by atoms with Gasteiger partial charge in [-0.2, -0.15) is 5.26 Å². The van der Waals surface area contributed by atoms with Gasteiger partial charge in [-0.1, -0.05) is 27.0 Å². The van der Waals surface area contributed by atoms with Gasteiger partial charge in [0.2, 0.25) is 0 Å². The average molecular weight is 191 g/mol. The normalized spacial score (nSPS) is 8.14. The van der Waals surface area contributed by atoms with Gasteiger partial charge in [0.15, 0.2) is 5.69 Å². The SMILES string of the molecule is C=C(C)c1nonc1C(=C)C#N.CC. The van der Waals surface area contributed by atoms with Crippen LogP contribution in [0.3, 0.4) is 0 Å². The van der Waals surface area contributed by atoms with Crippen molar-refractivity contribution in [3.8, 4) is 6.07 Å². The molecule has 1 heterocycles. The molecule has 0 aromatic carbocycles. The molecule has 0 spiro atoms. The molecule has 74 valence electrons. The highest BCUT2D eigenvalue weighted by Gasteiger charge is 2.12. The van der Waals surface area contributed by atoms with Crippen molar-refractivity contribution >= 4 is 11.1 Å². The van der Waals surface area contributed by atoms with E-state index < -0.39 is 0 Å². The summed E-state index contributed by atoms with van der Waals surface area (Å²) in [6.07, 6.45) is 0. The fourth-order valence-corrected chi connectivity index (χ4v) is 0.720. The van der Waals surface area contributed by atoms with Crippen LogP contribution in [-0.4, -0.2) is 10.3 Å². The summed E-state index contributed by atoms with van der Waals surface area (Å²) in [6, 6.07) is 1.86. The molecule has 1 aromatic heterocycles. The van der Waals surface area contributed by atoms with Crippen molar-refractivity contribution in [1.82, 2.24) is 10.3 Å². The van der Waals surface area contributed by atoms with Gasteiger partial charge in [0.05, 0.1) is 5.57 Å².